The Hall–Kier alpha value is -2.19. The number of hydrogen-bond acceptors (Lipinski definition) is 3. The third-order valence-corrected chi connectivity index (χ3v) is 5.16. The van der Waals surface area contributed by atoms with E-state index in [1.165, 1.54) is 0 Å². The Labute approximate surface area is 168 Å². The van der Waals surface area contributed by atoms with Crippen LogP contribution in [-0.2, 0) is 0 Å². The van der Waals surface area contributed by atoms with Gasteiger partial charge < -0.3 is 16.2 Å². The van der Waals surface area contributed by atoms with Crippen LogP contribution < -0.4 is 11.1 Å². The molecule has 0 radical (unpaired) electrons. The summed E-state index contributed by atoms with van der Waals surface area (Å²) in [4.78, 5) is 12.5. The first-order chi connectivity index (χ1) is 12.8. The minimum Gasteiger partial charge on any atom is -0.398 e. The number of anilines is 1. The predicted molar refractivity (Wildman–Crippen MR) is 109 cm³/mol. The summed E-state index contributed by atoms with van der Waals surface area (Å²) in [5, 5.41) is 14.8. The number of nitrogen functional groups attached to an aromatic ring is 1. The van der Waals surface area contributed by atoms with Gasteiger partial charge in [0.1, 0.15) is 5.60 Å². The maximum absolute atomic E-state index is 12.5. The highest BCUT2D eigenvalue weighted by atomic mass is 35.5. The maximum Gasteiger partial charge on any atom is 0.251 e. The van der Waals surface area contributed by atoms with E-state index in [2.05, 4.69) is 17.2 Å². The van der Waals surface area contributed by atoms with Crippen LogP contribution in [0.5, 0.6) is 0 Å². The zero-order chi connectivity index (χ0) is 19.4. The van der Waals surface area contributed by atoms with Crippen molar-refractivity contribution in [1.82, 2.24) is 5.32 Å². The van der Waals surface area contributed by atoms with E-state index in [9.17, 15) is 9.90 Å². The van der Waals surface area contributed by atoms with Gasteiger partial charge in [0.25, 0.3) is 5.91 Å². The van der Waals surface area contributed by atoms with Crippen molar-refractivity contribution in [2.75, 3.05) is 5.73 Å². The molecule has 0 spiro atoms. The van der Waals surface area contributed by atoms with E-state index in [0.717, 1.165) is 18.4 Å². The fraction of sp³-hybridized carbons (Fsp3) is 0.286. The van der Waals surface area contributed by atoms with Crippen LogP contribution >= 0.6 is 23.2 Å². The molecule has 1 amide bonds. The van der Waals surface area contributed by atoms with Crippen LogP contribution in [0.3, 0.4) is 0 Å². The summed E-state index contributed by atoms with van der Waals surface area (Å²) in [6.07, 6.45) is 2.50. The van der Waals surface area contributed by atoms with Gasteiger partial charge in [-0.2, -0.15) is 0 Å². The van der Waals surface area contributed by atoms with Gasteiger partial charge in [-0.25, -0.2) is 0 Å². The molecule has 2 atom stereocenters. The molecule has 0 heterocycles. The second kappa shape index (κ2) is 8.22. The highest BCUT2D eigenvalue weighted by Crippen LogP contribution is 2.28. The molecule has 0 aromatic heterocycles. The van der Waals surface area contributed by atoms with Gasteiger partial charge >= 0.3 is 0 Å². The molecule has 1 aliphatic rings. The summed E-state index contributed by atoms with van der Waals surface area (Å²) < 4.78 is 0. The third kappa shape index (κ3) is 5.17. The van der Waals surface area contributed by atoms with E-state index in [1.807, 2.05) is 12.1 Å². The molecule has 0 saturated heterocycles. The van der Waals surface area contributed by atoms with E-state index < -0.39 is 5.60 Å². The Bertz CT molecular complexity index is 920. The van der Waals surface area contributed by atoms with Crippen LogP contribution in [0.15, 0.2) is 42.5 Å². The lowest BCUT2D eigenvalue weighted by molar-refractivity contribution is 0.0452. The lowest BCUT2D eigenvalue weighted by Gasteiger charge is -2.33. The number of halogens is 2. The molecule has 140 valence electrons. The van der Waals surface area contributed by atoms with Crippen molar-refractivity contribution in [3.05, 3.63) is 63.6 Å². The largest absolute Gasteiger partial charge is 0.398 e. The minimum absolute atomic E-state index is 0.165. The van der Waals surface area contributed by atoms with Gasteiger partial charge in [0.05, 0.1) is 10.7 Å². The number of carbonyl (C=O) groups is 1. The van der Waals surface area contributed by atoms with Crippen molar-refractivity contribution >= 4 is 34.8 Å². The predicted octanol–water partition coefficient (Wildman–Crippen LogP) is 4.03. The number of carbonyl (C=O) groups excluding carboxylic acids is 1. The molecule has 0 unspecified atom stereocenters. The topological polar surface area (TPSA) is 75.4 Å². The monoisotopic (exact) mass is 402 g/mol. The maximum atomic E-state index is 12.5. The molecule has 27 heavy (non-hydrogen) atoms. The van der Waals surface area contributed by atoms with Gasteiger partial charge in [-0.1, -0.05) is 41.1 Å². The summed E-state index contributed by atoms with van der Waals surface area (Å²) in [6, 6.07) is 11.8. The number of amides is 1. The molecule has 2 aromatic carbocycles. The lowest BCUT2D eigenvalue weighted by atomic mass is 9.82. The first-order valence-corrected chi connectivity index (χ1v) is 9.47. The van der Waals surface area contributed by atoms with E-state index in [1.54, 1.807) is 30.3 Å². The quantitative estimate of drug-likeness (QED) is 0.524. The van der Waals surface area contributed by atoms with Crippen molar-refractivity contribution in [3.63, 3.8) is 0 Å². The Balaban J connectivity index is 1.68. The van der Waals surface area contributed by atoms with Crippen LogP contribution in [-0.4, -0.2) is 22.7 Å². The fourth-order valence-electron chi connectivity index (χ4n) is 3.20. The molecule has 1 fully saturated rings. The summed E-state index contributed by atoms with van der Waals surface area (Å²) >= 11 is 11.9. The number of rotatable bonds is 2. The highest BCUT2D eigenvalue weighted by molar-refractivity contribution is 6.33. The molecule has 1 aliphatic carbocycles. The smallest absolute Gasteiger partial charge is 0.251 e. The Kier molecular flexibility index (Phi) is 5.96. The third-order valence-electron chi connectivity index (χ3n) is 4.58. The molecular formula is C21H20Cl2N2O2. The van der Waals surface area contributed by atoms with Crippen LogP contribution in [0.2, 0.25) is 10.0 Å². The van der Waals surface area contributed by atoms with Gasteiger partial charge in [0.15, 0.2) is 0 Å². The molecule has 0 bridgehead atoms. The highest BCUT2D eigenvalue weighted by Gasteiger charge is 2.33. The molecule has 1 saturated carbocycles. The van der Waals surface area contributed by atoms with Gasteiger partial charge in [-0.15, -0.1) is 0 Å². The summed E-state index contributed by atoms with van der Waals surface area (Å²) in [5.74, 6) is 5.71. The number of aliphatic hydroxyl groups is 1. The standard InChI is InChI=1S/C21H20Cl2N2O2/c22-16-4-1-3-14(11-16)8-10-21(27)9-2-5-17(13-21)25-20(26)15-6-7-18(23)19(24)12-15/h1,3-4,6-7,11-12,17,27H,2,5,9,13,24H2,(H,25,26)/t17-,21+/m0/s1. The fourth-order valence-corrected chi connectivity index (χ4v) is 3.51. The molecular weight excluding hydrogens is 383 g/mol. The molecule has 0 aliphatic heterocycles. The Morgan fingerprint density at radius 2 is 2.07 bits per heavy atom. The van der Waals surface area contributed by atoms with Gasteiger partial charge in [-0.3, -0.25) is 4.79 Å². The first kappa shape index (κ1) is 19.6. The van der Waals surface area contributed by atoms with Crippen molar-refractivity contribution in [2.24, 2.45) is 0 Å². The van der Waals surface area contributed by atoms with Gasteiger partial charge in [0, 0.05) is 28.6 Å². The van der Waals surface area contributed by atoms with Crippen LogP contribution in [0.4, 0.5) is 5.69 Å². The number of hydrogen-bond donors (Lipinski definition) is 3. The van der Waals surface area contributed by atoms with E-state index in [0.29, 0.717) is 34.1 Å². The van der Waals surface area contributed by atoms with E-state index in [4.69, 9.17) is 28.9 Å². The number of nitrogens with two attached hydrogens (primary N) is 1. The summed E-state index contributed by atoms with van der Waals surface area (Å²) in [6.45, 7) is 0. The molecule has 4 N–H and O–H groups in total. The van der Waals surface area contributed by atoms with Gasteiger partial charge in [-0.05, 0) is 55.7 Å². The van der Waals surface area contributed by atoms with Crippen molar-refractivity contribution < 1.29 is 9.90 Å². The summed E-state index contributed by atoms with van der Waals surface area (Å²) in [7, 11) is 0. The van der Waals surface area contributed by atoms with Crippen molar-refractivity contribution in [3.8, 4) is 11.8 Å². The average molecular weight is 403 g/mol. The molecule has 4 nitrogen and oxygen atoms in total. The van der Waals surface area contributed by atoms with Crippen LogP contribution in [0.25, 0.3) is 0 Å². The Morgan fingerprint density at radius 3 is 2.81 bits per heavy atom. The molecule has 6 heteroatoms. The second-order valence-corrected chi connectivity index (χ2v) is 7.64. The van der Waals surface area contributed by atoms with Crippen molar-refractivity contribution in [2.45, 2.75) is 37.3 Å². The zero-order valence-electron chi connectivity index (χ0n) is 14.6. The van der Waals surface area contributed by atoms with Crippen molar-refractivity contribution in [1.29, 1.82) is 0 Å². The van der Waals surface area contributed by atoms with Crippen LogP contribution in [0.1, 0.15) is 41.6 Å². The Morgan fingerprint density at radius 1 is 1.26 bits per heavy atom. The van der Waals surface area contributed by atoms with E-state index in [-0.39, 0.29) is 11.9 Å². The second-order valence-electron chi connectivity index (χ2n) is 6.79. The normalized spacial score (nSPS) is 21.8. The van der Waals surface area contributed by atoms with Crippen LogP contribution in [0, 0.1) is 11.8 Å². The van der Waals surface area contributed by atoms with Gasteiger partial charge in [0.2, 0.25) is 0 Å². The number of benzene rings is 2. The first-order valence-electron chi connectivity index (χ1n) is 8.72. The summed E-state index contributed by atoms with van der Waals surface area (Å²) in [5.41, 5.74) is 6.17. The molecule has 2 aromatic rings. The minimum atomic E-state index is -1.14. The lowest BCUT2D eigenvalue weighted by Crippen LogP contribution is -2.45. The van der Waals surface area contributed by atoms with E-state index >= 15 is 0 Å². The SMILES string of the molecule is Nc1cc(C(=O)N[C@H]2CCC[C@@](O)(C#Cc3cccc(Cl)c3)C2)ccc1Cl. The molecule has 3 rings (SSSR count). The number of nitrogens with one attached hydrogen (secondary N) is 1. The average Bonchev–Trinajstić information content (AvgIpc) is 2.62. The zero-order valence-corrected chi connectivity index (χ0v) is 16.1.